The van der Waals surface area contributed by atoms with E-state index in [1.165, 1.54) is 69.0 Å². The maximum absolute atomic E-state index is 5.23. The summed E-state index contributed by atoms with van der Waals surface area (Å²) in [6.07, 6.45) is 16.8. The summed E-state index contributed by atoms with van der Waals surface area (Å²) in [5.41, 5.74) is 3.68. The van der Waals surface area contributed by atoms with E-state index in [1.807, 2.05) is 24.3 Å². The highest BCUT2D eigenvalue weighted by Crippen LogP contribution is 2.29. The van der Waals surface area contributed by atoms with Crippen molar-refractivity contribution in [2.24, 2.45) is 5.92 Å². The highest BCUT2D eigenvalue weighted by molar-refractivity contribution is 5.56. The SMILES string of the molecule is CCCCCCCCCC1CCc2nc(-c3ccc(OC)cc3)ncc2C1. The topological polar surface area (TPSA) is 35.0 Å². The molecule has 27 heavy (non-hydrogen) atoms. The first-order valence-corrected chi connectivity index (χ1v) is 10.8. The van der Waals surface area contributed by atoms with E-state index in [-0.39, 0.29) is 0 Å². The van der Waals surface area contributed by atoms with Crippen LogP contribution in [-0.2, 0) is 12.8 Å². The molecule has 2 aromatic rings. The lowest BCUT2D eigenvalue weighted by Crippen LogP contribution is -2.16. The van der Waals surface area contributed by atoms with Crippen LogP contribution >= 0.6 is 0 Å². The van der Waals surface area contributed by atoms with E-state index in [2.05, 4.69) is 18.1 Å². The summed E-state index contributed by atoms with van der Waals surface area (Å²) in [6, 6.07) is 8.01. The number of methoxy groups -OCH3 is 1. The number of nitrogens with zero attached hydrogens (tertiary/aromatic N) is 2. The molecular formula is C24H34N2O. The number of hydrogen-bond donors (Lipinski definition) is 0. The molecule has 0 saturated carbocycles. The Kier molecular flexibility index (Phi) is 7.67. The fraction of sp³-hybridized carbons (Fsp3) is 0.583. The number of unbranched alkanes of at least 4 members (excludes halogenated alkanes) is 6. The van der Waals surface area contributed by atoms with Crippen molar-refractivity contribution in [3.8, 4) is 17.1 Å². The number of benzene rings is 1. The van der Waals surface area contributed by atoms with Crippen LogP contribution in [0.15, 0.2) is 30.5 Å². The zero-order valence-corrected chi connectivity index (χ0v) is 17.0. The van der Waals surface area contributed by atoms with Crippen molar-refractivity contribution in [3.05, 3.63) is 41.7 Å². The fourth-order valence-electron chi connectivity index (χ4n) is 4.10. The first-order valence-electron chi connectivity index (χ1n) is 10.8. The largest absolute Gasteiger partial charge is 0.497 e. The van der Waals surface area contributed by atoms with Crippen molar-refractivity contribution in [2.75, 3.05) is 7.11 Å². The highest BCUT2D eigenvalue weighted by atomic mass is 16.5. The van der Waals surface area contributed by atoms with Gasteiger partial charge in [0.15, 0.2) is 5.82 Å². The number of aryl methyl sites for hydroxylation is 1. The average Bonchev–Trinajstić information content (AvgIpc) is 2.72. The molecule has 0 N–H and O–H groups in total. The van der Waals surface area contributed by atoms with Crippen molar-refractivity contribution in [1.82, 2.24) is 9.97 Å². The molecule has 1 atom stereocenters. The molecule has 146 valence electrons. The van der Waals surface area contributed by atoms with Gasteiger partial charge in [0, 0.05) is 17.5 Å². The molecule has 3 rings (SSSR count). The maximum Gasteiger partial charge on any atom is 0.159 e. The Morgan fingerprint density at radius 1 is 1.00 bits per heavy atom. The second-order valence-electron chi connectivity index (χ2n) is 7.91. The van der Waals surface area contributed by atoms with E-state index in [9.17, 15) is 0 Å². The van der Waals surface area contributed by atoms with Crippen molar-refractivity contribution in [2.45, 2.75) is 77.6 Å². The molecule has 0 saturated heterocycles. The molecule has 1 aromatic heterocycles. The van der Waals surface area contributed by atoms with Gasteiger partial charge in [0.2, 0.25) is 0 Å². The van der Waals surface area contributed by atoms with Crippen LogP contribution in [0, 0.1) is 5.92 Å². The van der Waals surface area contributed by atoms with Gasteiger partial charge in [0.05, 0.1) is 7.11 Å². The smallest absolute Gasteiger partial charge is 0.159 e. The summed E-state index contributed by atoms with van der Waals surface area (Å²) in [5, 5.41) is 0. The number of hydrogen-bond acceptors (Lipinski definition) is 3. The monoisotopic (exact) mass is 366 g/mol. The molecule has 3 nitrogen and oxygen atoms in total. The van der Waals surface area contributed by atoms with Crippen LogP contribution in [0.25, 0.3) is 11.4 Å². The Morgan fingerprint density at radius 2 is 1.74 bits per heavy atom. The fourth-order valence-corrected chi connectivity index (χ4v) is 4.10. The molecule has 1 aromatic carbocycles. The quantitative estimate of drug-likeness (QED) is 0.456. The first-order chi connectivity index (χ1) is 13.3. The van der Waals surface area contributed by atoms with Gasteiger partial charge in [-0.25, -0.2) is 9.97 Å². The van der Waals surface area contributed by atoms with Gasteiger partial charge >= 0.3 is 0 Å². The van der Waals surface area contributed by atoms with E-state index in [0.29, 0.717) is 0 Å². The zero-order chi connectivity index (χ0) is 18.9. The van der Waals surface area contributed by atoms with Crippen molar-refractivity contribution < 1.29 is 4.74 Å². The van der Waals surface area contributed by atoms with Crippen LogP contribution in [0.1, 0.15) is 76.0 Å². The Bertz CT molecular complexity index is 696. The van der Waals surface area contributed by atoms with Gasteiger partial charge in [-0.15, -0.1) is 0 Å². The van der Waals surface area contributed by atoms with Gasteiger partial charge in [-0.05, 0) is 55.0 Å². The normalized spacial score (nSPS) is 16.1. The van der Waals surface area contributed by atoms with Gasteiger partial charge in [-0.3, -0.25) is 0 Å². The Balaban J connectivity index is 1.48. The third-order valence-electron chi connectivity index (χ3n) is 5.82. The van der Waals surface area contributed by atoms with Crippen LogP contribution in [0.3, 0.4) is 0 Å². The van der Waals surface area contributed by atoms with E-state index in [4.69, 9.17) is 9.72 Å². The minimum atomic E-state index is 0.823. The van der Waals surface area contributed by atoms with Crippen LogP contribution in [-0.4, -0.2) is 17.1 Å². The third kappa shape index (κ3) is 5.79. The molecule has 0 fully saturated rings. The highest BCUT2D eigenvalue weighted by Gasteiger charge is 2.20. The minimum absolute atomic E-state index is 0.823. The van der Waals surface area contributed by atoms with Gasteiger partial charge in [0.25, 0.3) is 0 Å². The molecule has 1 aliphatic carbocycles. The average molecular weight is 367 g/mol. The predicted octanol–water partition coefficient (Wildman–Crippen LogP) is 6.40. The number of fused-ring (bicyclic) bond motifs is 1. The molecular weight excluding hydrogens is 332 g/mol. The maximum atomic E-state index is 5.23. The van der Waals surface area contributed by atoms with Crippen LogP contribution in [0.5, 0.6) is 5.75 Å². The van der Waals surface area contributed by atoms with Crippen molar-refractivity contribution in [1.29, 1.82) is 0 Å². The van der Waals surface area contributed by atoms with Gasteiger partial charge in [-0.2, -0.15) is 0 Å². The second kappa shape index (κ2) is 10.4. The summed E-state index contributed by atoms with van der Waals surface area (Å²) < 4.78 is 5.23. The summed E-state index contributed by atoms with van der Waals surface area (Å²) in [6.45, 7) is 2.28. The molecule has 1 heterocycles. The standard InChI is InChI=1S/C24H34N2O/c1-3-4-5-6-7-8-9-10-19-11-16-23-21(17-19)18-25-24(26-23)20-12-14-22(27-2)15-13-20/h12-15,18-19H,3-11,16-17H2,1-2H3. The number of rotatable bonds is 10. The van der Waals surface area contributed by atoms with Crippen molar-refractivity contribution >= 4 is 0 Å². The molecule has 1 aliphatic rings. The lowest BCUT2D eigenvalue weighted by atomic mass is 9.84. The van der Waals surface area contributed by atoms with Gasteiger partial charge in [-0.1, -0.05) is 58.3 Å². The summed E-state index contributed by atoms with van der Waals surface area (Å²) in [5.74, 6) is 2.52. The first kappa shape index (κ1) is 19.9. The lowest BCUT2D eigenvalue weighted by Gasteiger charge is -2.24. The Labute approximate surface area is 164 Å². The van der Waals surface area contributed by atoms with Crippen LogP contribution < -0.4 is 4.74 Å². The molecule has 0 aliphatic heterocycles. The number of ether oxygens (including phenoxy) is 1. The van der Waals surface area contributed by atoms with E-state index in [1.54, 1.807) is 7.11 Å². The van der Waals surface area contributed by atoms with Gasteiger partial charge < -0.3 is 4.74 Å². The van der Waals surface area contributed by atoms with Gasteiger partial charge in [0.1, 0.15) is 5.75 Å². The van der Waals surface area contributed by atoms with Crippen LogP contribution in [0.4, 0.5) is 0 Å². The summed E-state index contributed by atoms with van der Waals surface area (Å²) in [4.78, 5) is 9.50. The second-order valence-corrected chi connectivity index (χ2v) is 7.91. The molecule has 0 spiro atoms. The van der Waals surface area contributed by atoms with Crippen LogP contribution in [0.2, 0.25) is 0 Å². The van der Waals surface area contributed by atoms with E-state index in [0.717, 1.165) is 35.9 Å². The molecule has 3 heteroatoms. The van der Waals surface area contributed by atoms with E-state index < -0.39 is 0 Å². The molecule has 0 bridgehead atoms. The van der Waals surface area contributed by atoms with Crippen molar-refractivity contribution in [3.63, 3.8) is 0 Å². The summed E-state index contributed by atoms with van der Waals surface area (Å²) in [7, 11) is 1.69. The molecule has 0 amide bonds. The lowest BCUT2D eigenvalue weighted by molar-refractivity contribution is 0.399. The van der Waals surface area contributed by atoms with E-state index >= 15 is 0 Å². The Morgan fingerprint density at radius 3 is 2.48 bits per heavy atom. The predicted molar refractivity (Wildman–Crippen MR) is 112 cm³/mol. The Hall–Kier alpha value is -1.90. The zero-order valence-electron chi connectivity index (χ0n) is 17.0. The molecule has 1 unspecified atom stereocenters. The third-order valence-corrected chi connectivity index (χ3v) is 5.82. The number of aromatic nitrogens is 2. The summed E-state index contributed by atoms with van der Waals surface area (Å²) >= 11 is 0. The minimum Gasteiger partial charge on any atom is -0.497 e. The molecule has 0 radical (unpaired) electrons.